The second-order valence-electron chi connectivity index (χ2n) is 3.35. The molecule has 2 aromatic rings. The third kappa shape index (κ3) is 1.20. The molecule has 0 aliphatic heterocycles. The van der Waals surface area contributed by atoms with Gasteiger partial charge in [0.05, 0.1) is 5.69 Å². The van der Waals surface area contributed by atoms with Crippen molar-refractivity contribution in [3.05, 3.63) is 16.0 Å². The summed E-state index contributed by atoms with van der Waals surface area (Å²) < 4.78 is 2.88. The quantitative estimate of drug-likeness (QED) is 0.476. The largest absolute Gasteiger partial charge is 0.294 e. The van der Waals surface area contributed by atoms with Gasteiger partial charge in [-0.25, -0.2) is 10.8 Å². The predicted octanol–water partition coefficient (Wildman–Crippen LogP) is -0.739. The van der Waals surface area contributed by atoms with Crippen LogP contribution < -0.4 is 16.8 Å². The Balaban J connectivity index is 3.00. The molecule has 15 heavy (non-hydrogen) atoms. The van der Waals surface area contributed by atoms with Gasteiger partial charge in [-0.2, -0.15) is 5.10 Å². The summed E-state index contributed by atoms with van der Waals surface area (Å²) in [5.41, 5.74) is 3.98. The molecule has 7 nitrogen and oxygen atoms in total. The summed E-state index contributed by atoms with van der Waals surface area (Å²) in [5.74, 6) is 5.59. The van der Waals surface area contributed by atoms with Crippen LogP contribution in [0.3, 0.4) is 0 Å². The van der Waals surface area contributed by atoms with Crippen LogP contribution in [0.5, 0.6) is 0 Å². The molecular formula is C8H12N6O. The molecule has 0 bridgehead atoms. The lowest BCUT2D eigenvalue weighted by Gasteiger charge is -2.05. The van der Waals surface area contributed by atoms with Gasteiger partial charge in [-0.05, 0) is 6.92 Å². The average molecular weight is 208 g/mol. The number of fused-ring (bicyclic) bond motifs is 1. The standard InChI is InChI=1S/C8H12N6O/c1-4-5-6(14(3)12-4)7(15)13(2)8(10-5)11-9/h9H2,1-3H3,(H,10,11). The Morgan fingerprint density at radius 3 is 2.67 bits per heavy atom. The van der Waals surface area contributed by atoms with Gasteiger partial charge in [-0.3, -0.25) is 19.5 Å². The smallest absolute Gasteiger partial charge is 0.280 e. The van der Waals surface area contributed by atoms with Gasteiger partial charge in [0, 0.05) is 14.1 Å². The number of hydrogen-bond acceptors (Lipinski definition) is 5. The van der Waals surface area contributed by atoms with E-state index in [0.29, 0.717) is 22.7 Å². The van der Waals surface area contributed by atoms with E-state index in [1.807, 2.05) is 0 Å². The van der Waals surface area contributed by atoms with Gasteiger partial charge >= 0.3 is 0 Å². The molecule has 0 atom stereocenters. The normalized spacial score (nSPS) is 10.9. The van der Waals surface area contributed by atoms with E-state index in [1.165, 1.54) is 9.25 Å². The van der Waals surface area contributed by atoms with Crippen LogP contribution in [0.2, 0.25) is 0 Å². The van der Waals surface area contributed by atoms with Crippen LogP contribution in [0, 0.1) is 6.92 Å². The number of hydrazine groups is 1. The van der Waals surface area contributed by atoms with E-state index in [1.54, 1.807) is 21.0 Å². The summed E-state index contributed by atoms with van der Waals surface area (Å²) >= 11 is 0. The summed E-state index contributed by atoms with van der Waals surface area (Å²) in [4.78, 5) is 16.1. The van der Waals surface area contributed by atoms with E-state index in [9.17, 15) is 4.79 Å². The van der Waals surface area contributed by atoms with E-state index in [2.05, 4.69) is 15.5 Å². The van der Waals surface area contributed by atoms with Gasteiger partial charge in [-0.15, -0.1) is 0 Å². The van der Waals surface area contributed by atoms with Crippen molar-refractivity contribution in [2.24, 2.45) is 19.9 Å². The first kappa shape index (κ1) is 9.66. The molecule has 0 unspecified atom stereocenters. The zero-order valence-corrected chi connectivity index (χ0v) is 8.77. The Labute approximate surface area is 85.5 Å². The van der Waals surface area contributed by atoms with E-state index >= 15 is 0 Å². The summed E-state index contributed by atoms with van der Waals surface area (Å²) in [6.45, 7) is 1.80. The van der Waals surface area contributed by atoms with Crippen LogP contribution in [0.15, 0.2) is 4.79 Å². The molecule has 2 rings (SSSR count). The first-order valence-corrected chi connectivity index (χ1v) is 4.43. The zero-order valence-electron chi connectivity index (χ0n) is 8.77. The minimum atomic E-state index is -0.170. The third-order valence-corrected chi connectivity index (χ3v) is 2.36. The molecule has 0 amide bonds. The maximum atomic E-state index is 11.9. The second kappa shape index (κ2) is 3.06. The van der Waals surface area contributed by atoms with E-state index in [-0.39, 0.29) is 5.56 Å². The van der Waals surface area contributed by atoms with Crippen molar-refractivity contribution in [1.29, 1.82) is 0 Å². The number of nitrogens with one attached hydrogen (secondary N) is 1. The van der Waals surface area contributed by atoms with Crippen LogP contribution in [-0.2, 0) is 14.1 Å². The molecular weight excluding hydrogens is 196 g/mol. The maximum absolute atomic E-state index is 11.9. The number of anilines is 1. The summed E-state index contributed by atoms with van der Waals surface area (Å²) in [5, 5.41) is 4.14. The highest BCUT2D eigenvalue weighted by Crippen LogP contribution is 2.12. The molecule has 0 fully saturated rings. The van der Waals surface area contributed by atoms with Gasteiger partial charge in [-0.1, -0.05) is 0 Å². The third-order valence-electron chi connectivity index (χ3n) is 2.36. The van der Waals surface area contributed by atoms with E-state index in [4.69, 9.17) is 5.84 Å². The lowest BCUT2D eigenvalue weighted by atomic mass is 10.3. The lowest BCUT2D eigenvalue weighted by molar-refractivity contribution is 0.766. The number of nitrogens with two attached hydrogens (primary N) is 1. The Bertz CT molecular complexity index is 581. The van der Waals surface area contributed by atoms with Crippen molar-refractivity contribution >= 4 is 17.0 Å². The minimum absolute atomic E-state index is 0.170. The SMILES string of the molecule is Cc1nn(C)c2c(=O)n(C)c(NN)nc12. The summed E-state index contributed by atoms with van der Waals surface area (Å²) in [6.07, 6.45) is 0. The number of hydrogen-bond donors (Lipinski definition) is 2. The van der Waals surface area contributed by atoms with Crippen LogP contribution in [-0.4, -0.2) is 19.3 Å². The number of nitrogen functional groups attached to an aromatic ring is 1. The fraction of sp³-hybridized carbons (Fsp3) is 0.375. The topological polar surface area (TPSA) is 90.8 Å². The molecule has 7 heteroatoms. The zero-order chi connectivity index (χ0) is 11.2. The predicted molar refractivity (Wildman–Crippen MR) is 56.3 cm³/mol. The van der Waals surface area contributed by atoms with E-state index < -0.39 is 0 Å². The lowest BCUT2D eigenvalue weighted by Crippen LogP contribution is -2.25. The molecule has 0 aliphatic carbocycles. The Morgan fingerprint density at radius 1 is 1.40 bits per heavy atom. The molecule has 0 saturated carbocycles. The molecule has 0 aliphatic rings. The van der Waals surface area contributed by atoms with Crippen molar-refractivity contribution in [3.8, 4) is 0 Å². The monoisotopic (exact) mass is 208 g/mol. The van der Waals surface area contributed by atoms with Crippen molar-refractivity contribution in [1.82, 2.24) is 19.3 Å². The maximum Gasteiger partial charge on any atom is 0.280 e. The van der Waals surface area contributed by atoms with Crippen molar-refractivity contribution < 1.29 is 0 Å². The van der Waals surface area contributed by atoms with Gasteiger partial charge in [0.15, 0.2) is 5.52 Å². The van der Waals surface area contributed by atoms with Crippen molar-refractivity contribution in [2.45, 2.75) is 6.92 Å². The number of aryl methyl sites for hydroxylation is 2. The summed E-state index contributed by atoms with van der Waals surface area (Å²) in [6, 6.07) is 0. The molecule has 2 heterocycles. The minimum Gasteiger partial charge on any atom is -0.294 e. The Morgan fingerprint density at radius 2 is 2.07 bits per heavy atom. The van der Waals surface area contributed by atoms with Crippen molar-refractivity contribution in [3.63, 3.8) is 0 Å². The van der Waals surface area contributed by atoms with Gasteiger partial charge in [0.2, 0.25) is 5.95 Å². The second-order valence-corrected chi connectivity index (χ2v) is 3.35. The van der Waals surface area contributed by atoms with Gasteiger partial charge < -0.3 is 0 Å². The fourth-order valence-electron chi connectivity index (χ4n) is 1.59. The molecule has 2 aromatic heterocycles. The average Bonchev–Trinajstić information content (AvgIpc) is 2.47. The number of rotatable bonds is 1. The summed E-state index contributed by atoms with van der Waals surface area (Å²) in [7, 11) is 3.32. The molecule has 0 aromatic carbocycles. The number of nitrogens with zero attached hydrogens (tertiary/aromatic N) is 4. The molecule has 0 radical (unpaired) electrons. The molecule has 80 valence electrons. The fourth-order valence-corrected chi connectivity index (χ4v) is 1.59. The highest BCUT2D eigenvalue weighted by molar-refractivity contribution is 5.77. The van der Waals surface area contributed by atoms with Crippen LogP contribution >= 0.6 is 0 Å². The van der Waals surface area contributed by atoms with Crippen LogP contribution in [0.4, 0.5) is 5.95 Å². The molecule has 0 saturated heterocycles. The highest BCUT2D eigenvalue weighted by atomic mass is 16.1. The first-order valence-electron chi connectivity index (χ1n) is 4.43. The van der Waals surface area contributed by atoms with Crippen LogP contribution in [0.25, 0.3) is 11.0 Å². The van der Waals surface area contributed by atoms with E-state index in [0.717, 1.165) is 0 Å². The number of aromatic nitrogens is 4. The molecule has 0 spiro atoms. The van der Waals surface area contributed by atoms with Gasteiger partial charge in [0.25, 0.3) is 5.56 Å². The van der Waals surface area contributed by atoms with Gasteiger partial charge in [0.1, 0.15) is 5.52 Å². The molecule has 3 N–H and O–H groups in total. The first-order chi connectivity index (χ1) is 7.06. The highest BCUT2D eigenvalue weighted by Gasteiger charge is 2.13. The van der Waals surface area contributed by atoms with Crippen molar-refractivity contribution in [2.75, 3.05) is 5.43 Å². The Hall–Kier alpha value is -1.89. The Kier molecular flexibility index (Phi) is 1.97. The van der Waals surface area contributed by atoms with Crippen LogP contribution in [0.1, 0.15) is 5.69 Å².